The lowest BCUT2D eigenvalue weighted by Crippen LogP contribution is -2.21. The van der Waals surface area contributed by atoms with Gasteiger partial charge in [0.2, 0.25) is 0 Å². The molecule has 0 aliphatic rings. The largest absolute Gasteiger partial charge is 0.490 e. The van der Waals surface area contributed by atoms with Crippen molar-refractivity contribution in [3.8, 4) is 5.75 Å². The third-order valence-electron chi connectivity index (χ3n) is 4.07. The van der Waals surface area contributed by atoms with E-state index in [-0.39, 0.29) is 12.6 Å². The van der Waals surface area contributed by atoms with E-state index >= 15 is 0 Å². The van der Waals surface area contributed by atoms with E-state index in [1.165, 1.54) is 5.56 Å². The monoisotopic (exact) mass is 343 g/mol. The third-order valence-corrected chi connectivity index (χ3v) is 4.07. The van der Waals surface area contributed by atoms with Crippen molar-refractivity contribution in [3.05, 3.63) is 48.2 Å². The minimum Gasteiger partial charge on any atom is -0.490 e. The van der Waals surface area contributed by atoms with Gasteiger partial charge in [-0.1, -0.05) is 43.7 Å². The number of ether oxygens (including phenoxy) is 1. The molecule has 1 heterocycles. The van der Waals surface area contributed by atoms with Crippen LogP contribution in [-0.4, -0.2) is 29.3 Å². The molecule has 0 bridgehead atoms. The first-order valence-corrected chi connectivity index (χ1v) is 9.02. The van der Waals surface area contributed by atoms with Crippen LogP contribution < -0.4 is 15.8 Å². The van der Waals surface area contributed by atoms with Gasteiger partial charge in [-0.05, 0) is 31.2 Å². The number of aryl methyl sites for hydroxylation is 1. The summed E-state index contributed by atoms with van der Waals surface area (Å²) in [5.74, 6) is 1.17. The zero-order valence-electron chi connectivity index (χ0n) is 14.9. The average molecular weight is 343 g/mol. The Hall–Kier alpha value is -2.27. The van der Waals surface area contributed by atoms with E-state index in [0.29, 0.717) is 24.6 Å². The van der Waals surface area contributed by atoms with Gasteiger partial charge in [0.05, 0.1) is 18.5 Å². The molecule has 0 unspecified atom stereocenters. The first-order chi connectivity index (χ1) is 12.2. The van der Waals surface area contributed by atoms with Crippen molar-refractivity contribution in [1.29, 1.82) is 0 Å². The highest BCUT2D eigenvalue weighted by molar-refractivity contribution is 5.60. The predicted octanol–water partition coefficient (Wildman–Crippen LogP) is 3.64. The van der Waals surface area contributed by atoms with Crippen molar-refractivity contribution in [1.82, 2.24) is 4.98 Å². The van der Waals surface area contributed by atoms with Crippen LogP contribution in [0.15, 0.2) is 42.6 Å². The number of hydrogen-bond donors (Lipinski definition) is 3. The van der Waals surface area contributed by atoms with Gasteiger partial charge < -0.3 is 20.9 Å². The molecule has 5 nitrogen and oxygen atoms in total. The highest BCUT2D eigenvalue weighted by Gasteiger charge is 2.12. The molecular formula is C20H29N3O2. The number of pyridine rings is 1. The van der Waals surface area contributed by atoms with E-state index in [1.54, 1.807) is 12.3 Å². The lowest BCUT2D eigenvalue weighted by Gasteiger charge is -2.21. The SMILES string of the molecule is CCC[C@@H](CCO)Nc1cc(N)ncc1OCCCc1ccccc1. The molecule has 1 atom stereocenters. The number of nitrogen functional groups attached to an aromatic ring is 1. The van der Waals surface area contributed by atoms with Gasteiger partial charge >= 0.3 is 0 Å². The maximum absolute atomic E-state index is 9.24. The number of rotatable bonds is 11. The lowest BCUT2D eigenvalue weighted by atomic mass is 10.1. The number of nitrogens with zero attached hydrogens (tertiary/aromatic N) is 1. The van der Waals surface area contributed by atoms with Crippen molar-refractivity contribution in [2.45, 2.75) is 45.1 Å². The van der Waals surface area contributed by atoms with Crippen LogP contribution >= 0.6 is 0 Å². The second kappa shape index (κ2) is 10.6. The summed E-state index contributed by atoms with van der Waals surface area (Å²) >= 11 is 0. The van der Waals surface area contributed by atoms with E-state index < -0.39 is 0 Å². The highest BCUT2D eigenvalue weighted by Crippen LogP contribution is 2.27. The first kappa shape index (κ1) is 19.1. The Balaban J connectivity index is 1.92. The van der Waals surface area contributed by atoms with Crippen LogP contribution in [0.2, 0.25) is 0 Å². The van der Waals surface area contributed by atoms with Crippen LogP contribution in [0.1, 0.15) is 38.2 Å². The molecule has 0 saturated carbocycles. The molecule has 0 saturated heterocycles. The van der Waals surface area contributed by atoms with Gasteiger partial charge in [0.25, 0.3) is 0 Å². The average Bonchev–Trinajstić information content (AvgIpc) is 2.61. The van der Waals surface area contributed by atoms with Gasteiger partial charge in [0.15, 0.2) is 5.75 Å². The van der Waals surface area contributed by atoms with E-state index in [9.17, 15) is 5.11 Å². The fraction of sp³-hybridized carbons (Fsp3) is 0.450. The Morgan fingerprint density at radius 3 is 2.76 bits per heavy atom. The Bertz CT molecular complexity index is 614. The summed E-state index contributed by atoms with van der Waals surface area (Å²) in [5, 5.41) is 12.7. The number of benzene rings is 1. The molecule has 0 amide bonds. The molecule has 0 spiro atoms. The molecule has 2 aromatic rings. The number of aliphatic hydroxyl groups is 1. The van der Waals surface area contributed by atoms with Crippen LogP contribution in [0.4, 0.5) is 11.5 Å². The van der Waals surface area contributed by atoms with E-state index in [0.717, 1.165) is 31.4 Å². The molecule has 1 aromatic heterocycles. The minimum absolute atomic E-state index is 0.158. The third kappa shape index (κ3) is 6.63. The summed E-state index contributed by atoms with van der Waals surface area (Å²) in [4.78, 5) is 4.14. The normalized spacial score (nSPS) is 11.9. The zero-order chi connectivity index (χ0) is 17.9. The Kier molecular flexibility index (Phi) is 8.05. The van der Waals surface area contributed by atoms with Crippen LogP contribution in [0, 0.1) is 0 Å². The summed E-state index contributed by atoms with van der Waals surface area (Å²) in [6, 6.07) is 12.4. The van der Waals surface area contributed by atoms with Crippen LogP contribution in [0.25, 0.3) is 0 Å². The van der Waals surface area contributed by atoms with Gasteiger partial charge in [-0.25, -0.2) is 4.98 Å². The Labute approximate surface area is 150 Å². The summed E-state index contributed by atoms with van der Waals surface area (Å²) in [6.45, 7) is 2.91. The maximum Gasteiger partial charge on any atom is 0.160 e. The summed E-state index contributed by atoms with van der Waals surface area (Å²) in [7, 11) is 0. The van der Waals surface area contributed by atoms with E-state index in [2.05, 4.69) is 41.5 Å². The van der Waals surface area contributed by atoms with E-state index in [1.807, 2.05) is 6.07 Å². The summed E-state index contributed by atoms with van der Waals surface area (Å²) < 4.78 is 5.93. The molecule has 0 fully saturated rings. The number of aromatic nitrogens is 1. The minimum atomic E-state index is 0.158. The van der Waals surface area contributed by atoms with E-state index in [4.69, 9.17) is 10.5 Å². The molecule has 5 heteroatoms. The summed E-state index contributed by atoms with van der Waals surface area (Å²) in [6.07, 6.45) is 6.31. The lowest BCUT2D eigenvalue weighted by molar-refractivity contribution is 0.276. The Morgan fingerprint density at radius 1 is 1.24 bits per heavy atom. The van der Waals surface area contributed by atoms with Crippen molar-refractivity contribution < 1.29 is 9.84 Å². The second-order valence-corrected chi connectivity index (χ2v) is 6.19. The molecule has 4 N–H and O–H groups in total. The fourth-order valence-electron chi connectivity index (χ4n) is 2.80. The zero-order valence-corrected chi connectivity index (χ0v) is 14.9. The molecular weight excluding hydrogens is 314 g/mol. The summed E-state index contributed by atoms with van der Waals surface area (Å²) in [5.41, 5.74) is 7.98. The quantitative estimate of drug-likeness (QED) is 0.543. The Morgan fingerprint density at radius 2 is 2.04 bits per heavy atom. The number of nitrogens with one attached hydrogen (secondary N) is 1. The standard InChI is InChI=1S/C20H29N3O2/c1-2-7-17(11-12-24)23-18-14-20(21)22-15-19(18)25-13-6-10-16-8-4-3-5-9-16/h3-5,8-9,14-15,17,24H,2,6-7,10-13H2,1H3,(H3,21,22,23)/t17-/m0/s1. The first-order valence-electron chi connectivity index (χ1n) is 9.02. The van der Waals surface area contributed by atoms with Crippen LogP contribution in [-0.2, 0) is 6.42 Å². The molecule has 0 radical (unpaired) electrons. The number of nitrogens with two attached hydrogens (primary N) is 1. The molecule has 25 heavy (non-hydrogen) atoms. The molecule has 136 valence electrons. The number of hydrogen-bond acceptors (Lipinski definition) is 5. The number of aliphatic hydroxyl groups excluding tert-OH is 1. The molecule has 0 aliphatic carbocycles. The second-order valence-electron chi connectivity index (χ2n) is 6.19. The van der Waals surface area contributed by atoms with Crippen molar-refractivity contribution >= 4 is 11.5 Å². The highest BCUT2D eigenvalue weighted by atomic mass is 16.5. The van der Waals surface area contributed by atoms with Crippen molar-refractivity contribution in [3.63, 3.8) is 0 Å². The number of anilines is 2. The maximum atomic E-state index is 9.24. The van der Waals surface area contributed by atoms with Gasteiger partial charge in [-0.3, -0.25) is 0 Å². The fourth-order valence-corrected chi connectivity index (χ4v) is 2.80. The van der Waals surface area contributed by atoms with Gasteiger partial charge in [-0.15, -0.1) is 0 Å². The van der Waals surface area contributed by atoms with Crippen LogP contribution in [0.5, 0.6) is 5.75 Å². The van der Waals surface area contributed by atoms with Gasteiger partial charge in [-0.2, -0.15) is 0 Å². The smallest absolute Gasteiger partial charge is 0.160 e. The topological polar surface area (TPSA) is 80.4 Å². The van der Waals surface area contributed by atoms with Gasteiger partial charge in [0, 0.05) is 18.7 Å². The van der Waals surface area contributed by atoms with Gasteiger partial charge in [0.1, 0.15) is 5.82 Å². The predicted molar refractivity (Wildman–Crippen MR) is 103 cm³/mol. The van der Waals surface area contributed by atoms with Crippen molar-refractivity contribution in [2.75, 3.05) is 24.3 Å². The van der Waals surface area contributed by atoms with Crippen LogP contribution in [0.3, 0.4) is 0 Å². The molecule has 1 aromatic carbocycles. The molecule has 2 rings (SSSR count). The van der Waals surface area contributed by atoms with Crippen molar-refractivity contribution in [2.24, 2.45) is 0 Å². The molecule has 0 aliphatic heterocycles.